The fraction of sp³-hybridized carbons (Fsp3) is 0.357. The van der Waals surface area contributed by atoms with Crippen LogP contribution >= 0.6 is 11.6 Å². The topological polar surface area (TPSA) is 115 Å². The van der Waals surface area contributed by atoms with Crippen LogP contribution in [0.3, 0.4) is 0 Å². The molecule has 210 valence electrons. The third-order valence-electron chi connectivity index (χ3n) is 6.47. The lowest BCUT2D eigenvalue weighted by molar-refractivity contribution is -0.156. The van der Waals surface area contributed by atoms with Crippen molar-refractivity contribution in [2.45, 2.75) is 32.0 Å². The average molecular weight is 570 g/mol. The van der Waals surface area contributed by atoms with Crippen LogP contribution in [0, 0.1) is 5.82 Å². The summed E-state index contributed by atoms with van der Waals surface area (Å²) in [4.78, 5) is 35.3. The van der Waals surface area contributed by atoms with Crippen LogP contribution in [0.25, 0.3) is 10.9 Å². The summed E-state index contributed by atoms with van der Waals surface area (Å²) in [6.07, 6.45) is 5.73. The molecule has 10 nitrogen and oxygen atoms in total. The molecule has 2 fully saturated rings. The Morgan fingerprint density at radius 3 is 2.85 bits per heavy atom. The molecule has 1 amide bonds. The van der Waals surface area contributed by atoms with Crippen molar-refractivity contribution in [3.8, 4) is 5.75 Å². The zero-order valence-corrected chi connectivity index (χ0v) is 22.6. The van der Waals surface area contributed by atoms with Crippen molar-refractivity contribution in [3.05, 3.63) is 59.7 Å². The molecule has 1 aromatic heterocycles. The SMILES string of the molecule is C[C@@H]1CN(C/C=C\C(=O)Nc2cc3c(Nc4ccc(F)c(Cl)c4)ncnc3cc2OC2CCOCC2)CC(=O)O1. The summed E-state index contributed by atoms with van der Waals surface area (Å²) < 4.78 is 30.5. The molecule has 5 rings (SSSR count). The molecule has 0 saturated carbocycles. The third kappa shape index (κ3) is 7.04. The number of rotatable bonds is 8. The molecule has 3 aromatic rings. The smallest absolute Gasteiger partial charge is 0.320 e. The number of esters is 1. The number of hydrogen-bond acceptors (Lipinski definition) is 9. The van der Waals surface area contributed by atoms with Crippen molar-refractivity contribution in [2.75, 3.05) is 43.5 Å². The van der Waals surface area contributed by atoms with Gasteiger partial charge in [-0.15, -0.1) is 0 Å². The van der Waals surface area contributed by atoms with E-state index < -0.39 is 5.82 Å². The first kappa shape index (κ1) is 27.8. The van der Waals surface area contributed by atoms with E-state index in [1.165, 1.54) is 24.5 Å². The highest BCUT2D eigenvalue weighted by atomic mass is 35.5. The molecule has 0 spiro atoms. The van der Waals surface area contributed by atoms with E-state index in [4.69, 9.17) is 25.8 Å². The number of morpholine rings is 1. The molecule has 0 unspecified atom stereocenters. The van der Waals surface area contributed by atoms with Gasteiger partial charge in [0.25, 0.3) is 0 Å². The summed E-state index contributed by atoms with van der Waals surface area (Å²) in [5, 5.41) is 6.64. The summed E-state index contributed by atoms with van der Waals surface area (Å²) in [5.74, 6) is -0.245. The molecule has 2 saturated heterocycles. The second-order valence-corrected chi connectivity index (χ2v) is 10.1. The molecule has 40 heavy (non-hydrogen) atoms. The van der Waals surface area contributed by atoms with Gasteiger partial charge in [-0.1, -0.05) is 17.7 Å². The number of hydrogen-bond donors (Lipinski definition) is 2. The number of cyclic esters (lactones) is 1. The Morgan fingerprint density at radius 2 is 2.08 bits per heavy atom. The van der Waals surface area contributed by atoms with Crippen LogP contribution in [-0.4, -0.2) is 71.8 Å². The van der Waals surface area contributed by atoms with Crippen LogP contribution in [0.2, 0.25) is 5.02 Å². The van der Waals surface area contributed by atoms with Crippen LogP contribution in [0.1, 0.15) is 19.8 Å². The average Bonchev–Trinajstić information content (AvgIpc) is 2.91. The van der Waals surface area contributed by atoms with Crippen LogP contribution in [0.15, 0.2) is 48.8 Å². The first-order valence-corrected chi connectivity index (χ1v) is 13.4. The van der Waals surface area contributed by atoms with Gasteiger partial charge in [-0.3, -0.25) is 14.5 Å². The van der Waals surface area contributed by atoms with Crippen molar-refractivity contribution in [1.82, 2.24) is 14.9 Å². The Morgan fingerprint density at radius 1 is 1.25 bits per heavy atom. The van der Waals surface area contributed by atoms with Gasteiger partial charge in [0.05, 0.1) is 36.0 Å². The van der Waals surface area contributed by atoms with Crippen LogP contribution < -0.4 is 15.4 Å². The minimum absolute atomic E-state index is 0.0221. The summed E-state index contributed by atoms with van der Waals surface area (Å²) in [5.41, 5.74) is 1.57. The van der Waals surface area contributed by atoms with Gasteiger partial charge in [0.1, 0.15) is 35.9 Å². The fourth-order valence-electron chi connectivity index (χ4n) is 4.59. The summed E-state index contributed by atoms with van der Waals surface area (Å²) >= 11 is 5.95. The van der Waals surface area contributed by atoms with E-state index in [-0.39, 0.29) is 35.7 Å². The molecule has 3 heterocycles. The first-order valence-electron chi connectivity index (χ1n) is 13.0. The molecule has 2 aliphatic heterocycles. The van der Waals surface area contributed by atoms with Gasteiger partial charge in [0.15, 0.2) is 0 Å². The lowest BCUT2D eigenvalue weighted by Crippen LogP contribution is -2.44. The van der Waals surface area contributed by atoms with Crippen molar-refractivity contribution in [2.24, 2.45) is 0 Å². The van der Waals surface area contributed by atoms with Crippen molar-refractivity contribution in [3.63, 3.8) is 0 Å². The standard InChI is InChI=1S/C28H29ClFN5O5/c1-17-14-35(15-27(37)39-17)8-2-3-26(36)34-24-12-20-23(13-25(24)40-19-6-9-38-10-7-19)31-16-32-28(20)33-18-4-5-22(30)21(29)11-18/h2-5,11-13,16-17,19H,6-10,14-15H2,1H3,(H,34,36)(H,31,32,33)/b3-2-/t17-/m1/s1. The van der Waals surface area contributed by atoms with E-state index in [1.54, 1.807) is 24.3 Å². The number of anilines is 3. The van der Waals surface area contributed by atoms with Crippen LogP contribution in [0.4, 0.5) is 21.6 Å². The molecule has 0 bridgehead atoms. The van der Waals surface area contributed by atoms with E-state index in [9.17, 15) is 14.0 Å². The maximum Gasteiger partial charge on any atom is 0.320 e. The van der Waals surface area contributed by atoms with E-state index in [0.717, 1.165) is 12.8 Å². The number of nitrogens with one attached hydrogen (secondary N) is 2. The van der Waals surface area contributed by atoms with Gasteiger partial charge >= 0.3 is 5.97 Å². The van der Waals surface area contributed by atoms with E-state index in [2.05, 4.69) is 20.6 Å². The number of benzene rings is 2. The zero-order chi connectivity index (χ0) is 28.1. The van der Waals surface area contributed by atoms with Gasteiger partial charge in [0.2, 0.25) is 5.91 Å². The fourth-order valence-corrected chi connectivity index (χ4v) is 4.78. The molecule has 0 aliphatic carbocycles. The van der Waals surface area contributed by atoms with Crippen LogP contribution in [-0.2, 0) is 19.1 Å². The van der Waals surface area contributed by atoms with Gasteiger partial charge in [-0.05, 0) is 31.2 Å². The Hall–Kier alpha value is -3.80. The molecule has 2 N–H and O–H groups in total. The normalized spacial score (nSPS) is 18.6. The predicted molar refractivity (Wildman–Crippen MR) is 148 cm³/mol. The zero-order valence-electron chi connectivity index (χ0n) is 21.9. The third-order valence-corrected chi connectivity index (χ3v) is 6.76. The summed E-state index contributed by atoms with van der Waals surface area (Å²) in [6, 6.07) is 7.78. The molecule has 2 aliphatic rings. The summed E-state index contributed by atoms with van der Waals surface area (Å²) in [6.45, 7) is 4.24. The summed E-state index contributed by atoms with van der Waals surface area (Å²) in [7, 11) is 0. The monoisotopic (exact) mass is 569 g/mol. The molecule has 2 aromatic carbocycles. The van der Waals surface area contributed by atoms with Crippen molar-refractivity contribution in [1.29, 1.82) is 0 Å². The van der Waals surface area contributed by atoms with Gasteiger partial charge < -0.3 is 24.8 Å². The number of nitrogens with zero attached hydrogens (tertiary/aromatic N) is 3. The maximum atomic E-state index is 13.7. The molecular weight excluding hydrogens is 541 g/mol. The van der Waals surface area contributed by atoms with Gasteiger partial charge in [-0.2, -0.15) is 0 Å². The quantitative estimate of drug-likeness (QED) is 0.299. The highest BCUT2D eigenvalue weighted by Crippen LogP contribution is 2.35. The molecule has 12 heteroatoms. The minimum Gasteiger partial charge on any atom is -0.488 e. The van der Waals surface area contributed by atoms with Crippen molar-refractivity contribution < 1.29 is 28.2 Å². The van der Waals surface area contributed by atoms with E-state index >= 15 is 0 Å². The minimum atomic E-state index is -0.526. The van der Waals surface area contributed by atoms with Gasteiger partial charge in [-0.25, -0.2) is 14.4 Å². The lowest BCUT2D eigenvalue weighted by atomic mass is 10.1. The van der Waals surface area contributed by atoms with Gasteiger partial charge in [0, 0.05) is 49.1 Å². The largest absolute Gasteiger partial charge is 0.488 e. The molecular formula is C28H29ClFN5O5. The number of carbonyl (C=O) groups excluding carboxylic acids is 2. The Bertz CT molecular complexity index is 1430. The lowest BCUT2D eigenvalue weighted by Gasteiger charge is -2.29. The Balaban J connectivity index is 1.39. The maximum absolute atomic E-state index is 13.7. The van der Waals surface area contributed by atoms with Crippen molar-refractivity contribution >= 4 is 51.6 Å². The first-order chi connectivity index (χ1) is 19.3. The predicted octanol–water partition coefficient (Wildman–Crippen LogP) is 4.47. The second kappa shape index (κ2) is 12.6. The Kier molecular flexibility index (Phi) is 8.73. The highest BCUT2D eigenvalue weighted by Gasteiger charge is 2.23. The number of ether oxygens (including phenoxy) is 3. The Labute approximate surface area is 235 Å². The number of fused-ring (bicyclic) bond motifs is 1. The second-order valence-electron chi connectivity index (χ2n) is 9.66. The highest BCUT2D eigenvalue weighted by molar-refractivity contribution is 6.31. The molecule has 0 radical (unpaired) electrons. The van der Waals surface area contributed by atoms with Crippen LogP contribution in [0.5, 0.6) is 5.75 Å². The number of carbonyl (C=O) groups is 2. The van der Waals surface area contributed by atoms with E-state index in [1.807, 2.05) is 11.8 Å². The molecule has 1 atom stereocenters. The number of halogens is 2. The van der Waals surface area contributed by atoms with E-state index in [0.29, 0.717) is 60.1 Å². The number of amides is 1. The number of aromatic nitrogens is 2.